The van der Waals surface area contributed by atoms with E-state index in [0.29, 0.717) is 5.56 Å². The summed E-state index contributed by atoms with van der Waals surface area (Å²) in [7, 11) is 0. The van der Waals surface area contributed by atoms with Gasteiger partial charge in [0.25, 0.3) is 0 Å². The quantitative estimate of drug-likeness (QED) is 0.619. The van der Waals surface area contributed by atoms with Crippen LogP contribution in [-0.2, 0) is 12.2 Å². The SMILES string of the molecule is O=Cc1cccc(SCc2cc(Cl)cc3c2OCC3)c1. The molecule has 3 rings (SSSR count). The molecule has 4 heteroatoms. The maximum absolute atomic E-state index is 10.8. The molecular weight excluding hydrogens is 292 g/mol. The van der Waals surface area contributed by atoms with Crippen molar-refractivity contribution in [3.8, 4) is 5.75 Å². The molecule has 0 aromatic heterocycles. The predicted octanol–water partition coefficient (Wildman–Crippen LogP) is 4.38. The van der Waals surface area contributed by atoms with Crippen molar-refractivity contribution in [2.24, 2.45) is 0 Å². The fourth-order valence-electron chi connectivity index (χ4n) is 2.29. The summed E-state index contributed by atoms with van der Waals surface area (Å²) in [5.74, 6) is 1.76. The first-order chi connectivity index (χ1) is 9.76. The first-order valence-corrected chi connectivity index (χ1v) is 7.75. The van der Waals surface area contributed by atoms with Crippen LogP contribution in [0.3, 0.4) is 0 Å². The second-order valence-corrected chi connectivity index (χ2v) is 6.12. The van der Waals surface area contributed by atoms with Crippen LogP contribution in [0, 0.1) is 0 Å². The Labute approximate surface area is 127 Å². The van der Waals surface area contributed by atoms with Gasteiger partial charge in [-0.25, -0.2) is 0 Å². The van der Waals surface area contributed by atoms with Crippen molar-refractivity contribution < 1.29 is 9.53 Å². The third kappa shape index (κ3) is 2.84. The van der Waals surface area contributed by atoms with Crippen molar-refractivity contribution in [2.45, 2.75) is 17.1 Å². The normalized spacial score (nSPS) is 12.8. The number of halogens is 1. The molecule has 0 radical (unpaired) electrons. The van der Waals surface area contributed by atoms with Crippen molar-refractivity contribution in [2.75, 3.05) is 6.61 Å². The van der Waals surface area contributed by atoms with Gasteiger partial charge in [0.15, 0.2) is 0 Å². The molecule has 1 heterocycles. The zero-order chi connectivity index (χ0) is 13.9. The molecule has 0 saturated heterocycles. The average Bonchev–Trinajstić information content (AvgIpc) is 2.93. The molecule has 0 aliphatic carbocycles. The summed E-state index contributed by atoms with van der Waals surface area (Å²) < 4.78 is 5.69. The van der Waals surface area contributed by atoms with E-state index in [1.807, 2.05) is 30.3 Å². The van der Waals surface area contributed by atoms with Crippen molar-refractivity contribution in [3.05, 3.63) is 58.1 Å². The zero-order valence-corrected chi connectivity index (χ0v) is 12.3. The van der Waals surface area contributed by atoms with Gasteiger partial charge in [-0.05, 0) is 29.8 Å². The van der Waals surface area contributed by atoms with E-state index in [1.54, 1.807) is 17.8 Å². The van der Waals surface area contributed by atoms with Crippen LogP contribution in [0.5, 0.6) is 5.75 Å². The number of hydrogen-bond acceptors (Lipinski definition) is 3. The Hall–Kier alpha value is -1.45. The monoisotopic (exact) mass is 304 g/mol. The number of ether oxygens (including phenoxy) is 1. The molecule has 2 nitrogen and oxygen atoms in total. The number of carbonyl (C=O) groups excluding carboxylic acids is 1. The Morgan fingerprint density at radius 3 is 3.05 bits per heavy atom. The van der Waals surface area contributed by atoms with Crippen LogP contribution in [0.15, 0.2) is 41.3 Å². The topological polar surface area (TPSA) is 26.3 Å². The fourth-order valence-corrected chi connectivity index (χ4v) is 3.49. The Kier molecular flexibility index (Phi) is 3.99. The highest BCUT2D eigenvalue weighted by Crippen LogP contribution is 2.36. The van der Waals surface area contributed by atoms with Gasteiger partial charge in [-0.2, -0.15) is 0 Å². The number of fused-ring (bicyclic) bond motifs is 1. The van der Waals surface area contributed by atoms with Gasteiger partial charge in [0, 0.05) is 33.2 Å². The van der Waals surface area contributed by atoms with E-state index in [0.717, 1.165) is 46.3 Å². The molecule has 0 N–H and O–H groups in total. The van der Waals surface area contributed by atoms with E-state index in [1.165, 1.54) is 5.56 Å². The van der Waals surface area contributed by atoms with Gasteiger partial charge in [-0.15, -0.1) is 11.8 Å². The molecule has 0 amide bonds. The Bertz CT molecular complexity index is 655. The molecule has 0 bridgehead atoms. The fraction of sp³-hybridized carbons (Fsp3) is 0.188. The lowest BCUT2D eigenvalue weighted by molar-refractivity contribution is 0.112. The largest absolute Gasteiger partial charge is 0.493 e. The van der Waals surface area contributed by atoms with Gasteiger partial charge in [0.1, 0.15) is 12.0 Å². The van der Waals surface area contributed by atoms with Gasteiger partial charge in [0.05, 0.1) is 6.61 Å². The average molecular weight is 305 g/mol. The third-order valence-corrected chi connectivity index (χ3v) is 4.47. The molecule has 0 unspecified atom stereocenters. The number of rotatable bonds is 4. The highest BCUT2D eigenvalue weighted by molar-refractivity contribution is 7.98. The van der Waals surface area contributed by atoms with Gasteiger partial charge in [0.2, 0.25) is 0 Å². The number of hydrogen-bond donors (Lipinski definition) is 0. The lowest BCUT2D eigenvalue weighted by Crippen LogP contribution is -1.91. The lowest BCUT2D eigenvalue weighted by Gasteiger charge is -2.09. The van der Waals surface area contributed by atoms with E-state index in [4.69, 9.17) is 16.3 Å². The molecule has 20 heavy (non-hydrogen) atoms. The number of benzene rings is 2. The number of thioether (sulfide) groups is 1. The van der Waals surface area contributed by atoms with Crippen LogP contribution in [-0.4, -0.2) is 12.9 Å². The van der Waals surface area contributed by atoms with E-state index in [9.17, 15) is 4.79 Å². The van der Waals surface area contributed by atoms with Crippen LogP contribution < -0.4 is 4.74 Å². The smallest absolute Gasteiger partial charge is 0.150 e. The standard InChI is InChI=1S/C16H13ClO2S/c17-14-7-12-4-5-19-16(12)13(8-14)10-20-15-3-1-2-11(6-15)9-18/h1-3,6-9H,4-5,10H2. The van der Waals surface area contributed by atoms with Crippen molar-refractivity contribution in [1.29, 1.82) is 0 Å². The van der Waals surface area contributed by atoms with Gasteiger partial charge >= 0.3 is 0 Å². The molecule has 0 saturated carbocycles. The van der Waals surface area contributed by atoms with E-state index < -0.39 is 0 Å². The van der Waals surface area contributed by atoms with Crippen molar-refractivity contribution in [3.63, 3.8) is 0 Å². The minimum Gasteiger partial charge on any atom is -0.493 e. The summed E-state index contributed by atoms with van der Waals surface area (Å²) in [5.41, 5.74) is 3.00. The summed E-state index contributed by atoms with van der Waals surface area (Å²) in [6.45, 7) is 0.730. The minimum absolute atomic E-state index is 0.697. The van der Waals surface area contributed by atoms with Crippen LogP contribution in [0.1, 0.15) is 21.5 Å². The predicted molar refractivity (Wildman–Crippen MR) is 82.0 cm³/mol. The summed E-state index contributed by atoms with van der Waals surface area (Å²) in [6.07, 6.45) is 1.79. The van der Waals surface area contributed by atoms with Crippen molar-refractivity contribution in [1.82, 2.24) is 0 Å². The summed E-state index contributed by atoms with van der Waals surface area (Å²) in [5, 5.41) is 0.756. The van der Waals surface area contributed by atoms with E-state index in [2.05, 4.69) is 0 Å². The Morgan fingerprint density at radius 2 is 2.20 bits per heavy atom. The highest BCUT2D eigenvalue weighted by atomic mass is 35.5. The summed E-state index contributed by atoms with van der Waals surface area (Å²) in [6, 6.07) is 11.5. The molecule has 2 aromatic rings. The highest BCUT2D eigenvalue weighted by Gasteiger charge is 2.17. The summed E-state index contributed by atoms with van der Waals surface area (Å²) >= 11 is 7.83. The van der Waals surface area contributed by atoms with Gasteiger partial charge in [-0.1, -0.05) is 23.7 Å². The van der Waals surface area contributed by atoms with Gasteiger partial charge < -0.3 is 4.74 Å². The first kappa shape index (κ1) is 13.5. The molecule has 0 fully saturated rings. The molecule has 0 atom stereocenters. The summed E-state index contributed by atoms with van der Waals surface area (Å²) in [4.78, 5) is 11.9. The molecule has 0 spiro atoms. The van der Waals surface area contributed by atoms with Crippen LogP contribution >= 0.6 is 23.4 Å². The minimum atomic E-state index is 0.697. The number of carbonyl (C=O) groups is 1. The molecule has 1 aliphatic rings. The first-order valence-electron chi connectivity index (χ1n) is 6.38. The molecule has 1 aliphatic heterocycles. The maximum atomic E-state index is 10.8. The number of aldehydes is 1. The second kappa shape index (κ2) is 5.90. The second-order valence-electron chi connectivity index (χ2n) is 4.63. The van der Waals surface area contributed by atoms with Crippen LogP contribution in [0.4, 0.5) is 0 Å². The molecule has 2 aromatic carbocycles. The maximum Gasteiger partial charge on any atom is 0.150 e. The Balaban J connectivity index is 1.80. The lowest BCUT2D eigenvalue weighted by atomic mass is 10.1. The van der Waals surface area contributed by atoms with Crippen LogP contribution in [0.2, 0.25) is 5.02 Å². The molecule has 102 valence electrons. The molecular formula is C16H13ClO2S. The van der Waals surface area contributed by atoms with E-state index in [-0.39, 0.29) is 0 Å². The third-order valence-electron chi connectivity index (χ3n) is 3.21. The zero-order valence-electron chi connectivity index (χ0n) is 10.8. The van der Waals surface area contributed by atoms with E-state index >= 15 is 0 Å². The Morgan fingerprint density at radius 1 is 1.30 bits per heavy atom. The van der Waals surface area contributed by atoms with Crippen molar-refractivity contribution >= 4 is 29.6 Å². The van der Waals surface area contributed by atoms with Crippen LogP contribution in [0.25, 0.3) is 0 Å². The van der Waals surface area contributed by atoms with Gasteiger partial charge in [-0.3, -0.25) is 4.79 Å².